The largest absolute Gasteiger partial charge is 0.366 e. The molecule has 0 aliphatic carbocycles. The summed E-state index contributed by atoms with van der Waals surface area (Å²) < 4.78 is 0. The van der Waals surface area contributed by atoms with Crippen molar-refractivity contribution >= 4 is 40.3 Å². The summed E-state index contributed by atoms with van der Waals surface area (Å²) in [6, 6.07) is 26.9. The minimum atomic E-state index is 0.0279. The molecule has 4 nitrogen and oxygen atoms in total. The molecule has 1 unspecified atom stereocenters. The molecule has 3 aromatic carbocycles. The zero-order valence-electron chi connectivity index (χ0n) is 22.9. The minimum absolute atomic E-state index is 0.0279. The van der Waals surface area contributed by atoms with E-state index in [1.165, 1.54) is 28.6 Å². The summed E-state index contributed by atoms with van der Waals surface area (Å²) in [6.07, 6.45) is 5.08. The smallest absolute Gasteiger partial charge is 0.266 e. The monoisotopic (exact) mass is 523 g/mol. The van der Waals surface area contributed by atoms with Crippen LogP contribution in [0.5, 0.6) is 0 Å². The maximum atomic E-state index is 13.7. The van der Waals surface area contributed by atoms with Gasteiger partial charge in [-0.25, -0.2) is 4.99 Å². The SMILES string of the molecule is CCCN1c2ccc(/C=C3/SC(=Nc4ccccc4)N(CCc4ccccc4)C3=O)cc2C(C)CC1(C)C. The quantitative estimate of drug-likeness (QED) is 0.294. The lowest BCUT2D eigenvalue weighted by Gasteiger charge is -2.47. The number of amides is 1. The van der Waals surface area contributed by atoms with Gasteiger partial charge in [0.15, 0.2) is 5.17 Å². The Kier molecular flexibility index (Phi) is 7.75. The van der Waals surface area contributed by atoms with Crippen molar-refractivity contribution in [2.45, 2.75) is 58.4 Å². The van der Waals surface area contributed by atoms with Crippen LogP contribution in [0.3, 0.4) is 0 Å². The first-order valence-electron chi connectivity index (χ1n) is 13.7. The van der Waals surface area contributed by atoms with Crippen molar-refractivity contribution in [2.75, 3.05) is 18.0 Å². The van der Waals surface area contributed by atoms with Gasteiger partial charge in [0.25, 0.3) is 5.91 Å². The highest BCUT2D eigenvalue weighted by atomic mass is 32.2. The molecule has 1 atom stereocenters. The zero-order chi connectivity index (χ0) is 26.7. The topological polar surface area (TPSA) is 35.9 Å². The van der Waals surface area contributed by atoms with Crippen LogP contribution < -0.4 is 4.90 Å². The number of fused-ring (bicyclic) bond motifs is 1. The van der Waals surface area contributed by atoms with Crippen LogP contribution in [-0.4, -0.2) is 34.6 Å². The molecular weight excluding hydrogens is 486 g/mol. The summed E-state index contributed by atoms with van der Waals surface area (Å²) in [5, 5.41) is 0.741. The van der Waals surface area contributed by atoms with E-state index >= 15 is 0 Å². The molecule has 5 heteroatoms. The Hall–Kier alpha value is -3.31. The molecule has 1 fully saturated rings. The molecule has 1 saturated heterocycles. The average Bonchev–Trinajstić information content (AvgIpc) is 3.19. The first-order chi connectivity index (χ1) is 18.4. The lowest BCUT2D eigenvalue weighted by molar-refractivity contribution is -0.122. The second kappa shape index (κ2) is 11.2. The first kappa shape index (κ1) is 26.3. The number of hydrogen-bond acceptors (Lipinski definition) is 4. The van der Waals surface area contributed by atoms with Crippen molar-refractivity contribution in [1.82, 2.24) is 4.90 Å². The summed E-state index contributed by atoms with van der Waals surface area (Å²) in [4.78, 5) is 23.6. The Morgan fingerprint density at radius 3 is 2.42 bits per heavy atom. The van der Waals surface area contributed by atoms with E-state index in [-0.39, 0.29) is 11.4 Å². The number of carbonyl (C=O) groups excluding carboxylic acids is 1. The number of rotatable bonds is 7. The Labute approximate surface area is 231 Å². The van der Waals surface area contributed by atoms with E-state index in [1.54, 1.807) is 0 Å². The number of para-hydroxylation sites is 1. The molecule has 0 radical (unpaired) electrons. The zero-order valence-corrected chi connectivity index (χ0v) is 23.7. The summed E-state index contributed by atoms with van der Waals surface area (Å²) in [6.45, 7) is 10.9. The fourth-order valence-electron chi connectivity index (χ4n) is 5.68. The molecule has 2 aliphatic rings. The highest BCUT2D eigenvalue weighted by Gasteiger charge is 2.36. The summed E-state index contributed by atoms with van der Waals surface area (Å²) in [5.74, 6) is 0.496. The Morgan fingerprint density at radius 1 is 1.00 bits per heavy atom. The molecule has 3 aromatic rings. The maximum Gasteiger partial charge on any atom is 0.266 e. The lowest BCUT2D eigenvalue weighted by atomic mass is 9.79. The lowest BCUT2D eigenvalue weighted by Crippen LogP contribution is -2.48. The fourth-order valence-corrected chi connectivity index (χ4v) is 6.71. The molecule has 0 N–H and O–H groups in total. The van der Waals surface area contributed by atoms with Gasteiger partial charge in [0.2, 0.25) is 0 Å². The van der Waals surface area contributed by atoms with Gasteiger partial charge in [-0.3, -0.25) is 9.69 Å². The van der Waals surface area contributed by atoms with Crippen LogP contribution in [0.2, 0.25) is 0 Å². The van der Waals surface area contributed by atoms with Crippen molar-refractivity contribution < 1.29 is 4.79 Å². The summed E-state index contributed by atoms with van der Waals surface area (Å²) >= 11 is 1.48. The highest BCUT2D eigenvalue weighted by Crippen LogP contribution is 2.44. The van der Waals surface area contributed by atoms with Crippen molar-refractivity contribution in [1.29, 1.82) is 0 Å². The minimum Gasteiger partial charge on any atom is -0.366 e. The average molecular weight is 524 g/mol. The van der Waals surface area contributed by atoms with Crippen LogP contribution >= 0.6 is 11.8 Å². The predicted molar refractivity (Wildman–Crippen MR) is 162 cm³/mol. The van der Waals surface area contributed by atoms with E-state index in [4.69, 9.17) is 4.99 Å². The Morgan fingerprint density at radius 2 is 1.71 bits per heavy atom. The molecule has 2 heterocycles. The van der Waals surface area contributed by atoms with Gasteiger partial charge < -0.3 is 4.90 Å². The van der Waals surface area contributed by atoms with Crippen LogP contribution in [0.4, 0.5) is 11.4 Å². The first-order valence-corrected chi connectivity index (χ1v) is 14.5. The molecule has 1 amide bonds. The van der Waals surface area contributed by atoms with Gasteiger partial charge in [0.1, 0.15) is 0 Å². The number of nitrogens with zero attached hydrogens (tertiary/aromatic N) is 3. The van der Waals surface area contributed by atoms with E-state index in [9.17, 15) is 4.79 Å². The van der Waals surface area contributed by atoms with Crippen molar-refractivity contribution in [3.8, 4) is 0 Å². The van der Waals surface area contributed by atoms with Gasteiger partial charge in [0.05, 0.1) is 10.6 Å². The van der Waals surface area contributed by atoms with Gasteiger partial charge in [-0.2, -0.15) is 0 Å². The third-order valence-electron chi connectivity index (χ3n) is 7.49. The van der Waals surface area contributed by atoms with Crippen LogP contribution in [0.15, 0.2) is 88.8 Å². The number of benzene rings is 3. The van der Waals surface area contributed by atoms with Crippen LogP contribution in [0.1, 0.15) is 63.1 Å². The molecule has 196 valence electrons. The molecule has 0 aromatic heterocycles. The standard InChI is InChI=1S/C33H37N3OS/c1-5-19-36-29-17-16-26(21-28(29)24(2)23-33(36,3)4)22-30-31(37)35(20-18-25-12-8-6-9-13-25)32(38-30)34-27-14-10-7-11-15-27/h6-17,21-22,24H,5,18-20,23H2,1-4H3/b30-22+,34-32?. The third kappa shape index (κ3) is 5.58. The molecule has 0 bridgehead atoms. The number of amidine groups is 1. The maximum absolute atomic E-state index is 13.7. The summed E-state index contributed by atoms with van der Waals surface area (Å²) in [5.41, 5.74) is 5.99. The third-order valence-corrected chi connectivity index (χ3v) is 8.50. The predicted octanol–water partition coefficient (Wildman–Crippen LogP) is 8.04. The number of anilines is 1. The molecule has 0 spiro atoms. The molecule has 0 saturated carbocycles. The van der Waals surface area contributed by atoms with Gasteiger partial charge in [0, 0.05) is 24.3 Å². The second-order valence-electron chi connectivity index (χ2n) is 10.9. The second-order valence-corrected chi connectivity index (χ2v) is 11.9. The molecule has 5 rings (SSSR count). The van der Waals surface area contributed by atoms with Crippen molar-refractivity contribution in [3.05, 3.63) is 100 Å². The van der Waals surface area contributed by atoms with E-state index < -0.39 is 0 Å². The van der Waals surface area contributed by atoms with Crippen LogP contribution in [0, 0.1) is 0 Å². The van der Waals surface area contributed by atoms with Crippen molar-refractivity contribution in [3.63, 3.8) is 0 Å². The highest BCUT2D eigenvalue weighted by molar-refractivity contribution is 8.18. The number of thioether (sulfide) groups is 1. The summed E-state index contributed by atoms with van der Waals surface area (Å²) in [7, 11) is 0. The van der Waals surface area contributed by atoms with Gasteiger partial charge in [-0.05, 0) is 97.8 Å². The van der Waals surface area contributed by atoms with E-state index in [2.05, 4.69) is 62.9 Å². The Balaban J connectivity index is 1.45. The van der Waals surface area contributed by atoms with E-state index in [1.807, 2.05) is 59.5 Å². The van der Waals surface area contributed by atoms with Gasteiger partial charge >= 0.3 is 0 Å². The Bertz CT molecular complexity index is 1350. The number of carbonyl (C=O) groups is 1. The number of aliphatic imine (C=N–C) groups is 1. The molecule has 38 heavy (non-hydrogen) atoms. The number of hydrogen-bond donors (Lipinski definition) is 0. The normalized spacial score (nSPS) is 20.8. The van der Waals surface area contributed by atoms with E-state index in [0.29, 0.717) is 12.5 Å². The molecule has 2 aliphatic heterocycles. The van der Waals surface area contributed by atoms with Gasteiger partial charge in [-0.15, -0.1) is 0 Å². The van der Waals surface area contributed by atoms with Gasteiger partial charge in [-0.1, -0.05) is 68.4 Å². The fraction of sp³-hybridized carbons (Fsp3) is 0.333. The van der Waals surface area contributed by atoms with Crippen LogP contribution in [0.25, 0.3) is 6.08 Å². The molecular formula is C33H37N3OS. The van der Waals surface area contributed by atoms with E-state index in [0.717, 1.165) is 47.1 Å². The van der Waals surface area contributed by atoms with Crippen molar-refractivity contribution in [2.24, 2.45) is 4.99 Å². The van der Waals surface area contributed by atoms with Crippen LogP contribution in [-0.2, 0) is 11.2 Å².